The Balaban J connectivity index is 2.49. The molecule has 0 aliphatic carbocycles. The van der Waals surface area contributed by atoms with Crippen LogP contribution in [-0.4, -0.2) is 31.6 Å². The van der Waals surface area contributed by atoms with Crippen LogP contribution in [0.1, 0.15) is 24.0 Å². The molecule has 0 aliphatic rings. The molecule has 0 radical (unpaired) electrons. The van der Waals surface area contributed by atoms with Gasteiger partial charge in [-0.3, -0.25) is 0 Å². The molecule has 0 spiro atoms. The van der Waals surface area contributed by atoms with Crippen molar-refractivity contribution in [3.63, 3.8) is 0 Å². The highest BCUT2D eigenvalue weighted by atomic mass is 16.5. The lowest BCUT2D eigenvalue weighted by Crippen LogP contribution is -2.21. The van der Waals surface area contributed by atoms with Gasteiger partial charge in [0.1, 0.15) is 18.1 Å². The van der Waals surface area contributed by atoms with Crippen molar-refractivity contribution < 1.29 is 9.15 Å². The first kappa shape index (κ1) is 13.2. The zero-order valence-corrected chi connectivity index (χ0v) is 10.6. The smallest absolute Gasteiger partial charge is 0.130 e. The van der Waals surface area contributed by atoms with Crippen LogP contribution < -0.4 is 5.73 Å². The van der Waals surface area contributed by atoms with E-state index in [1.165, 1.54) is 5.56 Å². The summed E-state index contributed by atoms with van der Waals surface area (Å²) in [4.78, 5) is 2.08. The van der Waals surface area contributed by atoms with Gasteiger partial charge in [0.05, 0.1) is 13.2 Å². The lowest BCUT2D eigenvalue weighted by Gasteiger charge is -2.07. The van der Waals surface area contributed by atoms with E-state index < -0.39 is 0 Å². The van der Waals surface area contributed by atoms with Crippen molar-refractivity contribution in [1.82, 2.24) is 4.90 Å². The predicted octanol–water partition coefficient (Wildman–Crippen LogP) is 1.51. The van der Waals surface area contributed by atoms with E-state index in [0.29, 0.717) is 13.2 Å². The second-order valence-electron chi connectivity index (χ2n) is 4.55. The SMILES string of the molecule is Cc1cc(COCC(C)N)oc1CN(C)C. The Morgan fingerprint density at radius 1 is 1.50 bits per heavy atom. The molecular weight excluding hydrogens is 204 g/mol. The fourth-order valence-corrected chi connectivity index (χ4v) is 1.45. The lowest BCUT2D eigenvalue weighted by molar-refractivity contribution is 0.0962. The number of aryl methyl sites for hydroxylation is 1. The minimum Gasteiger partial charge on any atom is -0.462 e. The average molecular weight is 226 g/mol. The molecule has 1 aromatic heterocycles. The number of hydrogen-bond donors (Lipinski definition) is 1. The summed E-state index contributed by atoms with van der Waals surface area (Å²) in [5, 5.41) is 0. The Hall–Kier alpha value is -0.840. The standard InChI is InChI=1S/C12H22N2O2/c1-9-5-11(8-15-7-10(2)13)16-12(9)6-14(3)4/h5,10H,6-8,13H2,1-4H3. The van der Waals surface area contributed by atoms with Crippen LogP contribution in [0.25, 0.3) is 0 Å². The first-order valence-corrected chi connectivity index (χ1v) is 5.55. The van der Waals surface area contributed by atoms with Crippen molar-refractivity contribution in [3.05, 3.63) is 23.2 Å². The molecule has 16 heavy (non-hydrogen) atoms. The number of furan rings is 1. The minimum atomic E-state index is 0.0669. The van der Waals surface area contributed by atoms with E-state index in [1.54, 1.807) is 0 Å². The van der Waals surface area contributed by atoms with Gasteiger partial charge in [0.25, 0.3) is 0 Å². The van der Waals surface area contributed by atoms with Crippen LogP contribution in [0.15, 0.2) is 10.5 Å². The molecule has 0 saturated carbocycles. The number of hydrogen-bond acceptors (Lipinski definition) is 4. The van der Waals surface area contributed by atoms with Crippen molar-refractivity contribution >= 4 is 0 Å². The first-order valence-electron chi connectivity index (χ1n) is 5.55. The highest BCUT2D eigenvalue weighted by molar-refractivity contribution is 5.19. The van der Waals surface area contributed by atoms with E-state index in [4.69, 9.17) is 14.9 Å². The summed E-state index contributed by atoms with van der Waals surface area (Å²) in [7, 11) is 4.04. The van der Waals surface area contributed by atoms with Crippen LogP contribution in [0, 0.1) is 6.92 Å². The summed E-state index contributed by atoms with van der Waals surface area (Å²) in [6.45, 7) is 5.85. The fourth-order valence-electron chi connectivity index (χ4n) is 1.45. The van der Waals surface area contributed by atoms with Crippen molar-refractivity contribution in [2.75, 3.05) is 20.7 Å². The summed E-state index contributed by atoms with van der Waals surface area (Å²) in [5.74, 6) is 1.87. The maximum atomic E-state index is 5.70. The van der Waals surface area contributed by atoms with Crippen LogP contribution in [0.5, 0.6) is 0 Å². The molecule has 1 atom stereocenters. The average Bonchev–Trinajstić information content (AvgIpc) is 2.45. The molecule has 0 aromatic carbocycles. The quantitative estimate of drug-likeness (QED) is 0.799. The van der Waals surface area contributed by atoms with Crippen LogP contribution in [-0.2, 0) is 17.9 Å². The second kappa shape index (κ2) is 6.03. The first-order chi connectivity index (χ1) is 7.49. The van der Waals surface area contributed by atoms with Crippen molar-refractivity contribution in [2.45, 2.75) is 33.0 Å². The monoisotopic (exact) mass is 226 g/mol. The molecule has 92 valence electrons. The summed E-state index contributed by atoms with van der Waals surface area (Å²) in [6.07, 6.45) is 0. The molecule has 0 fully saturated rings. The molecule has 1 unspecified atom stereocenters. The molecule has 1 heterocycles. The zero-order chi connectivity index (χ0) is 12.1. The lowest BCUT2D eigenvalue weighted by atomic mass is 10.2. The van der Waals surface area contributed by atoms with Gasteiger partial charge in [-0.1, -0.05) is 0 Å². The van der Waals surface area contributed by atoms with E-state index in [0.717, 1.165) is 18.1 Å². The number of rotatable bonds is 6. The van der Waals surface area contributed by atoms with E-state index in [-0.39, 0.29) is 6.04 Å². The van der Waals surface area contributed by atoms with Gasteiger partial charge in [0.2, 0.25) is 0 Å². The molecule has 1 aromatic rings. The maximum Gasteiger partial charge on any atom is 0.130 e. The number of nitrogens with zero attached hydrogens (tertiary/aromatic N) is 1. The minimum absolute atomic E-state index is 0.0669. The number of ether oxygens (including phenoxy) is 1. The molecule has 0 amide bonds. The summed E-state index contributed by atoms with van der Waals surface area (Å²) >= 11 is 0. The number of nitrogens with two attached hydrogens (primary N) is 1. The van der Waals surface area contributed by atoms with Crippen molar-refractivity contribution in [1.29, 1.82) is 0 Å². The highest BCUT2D eigenvalue weighted by Crippen LogP contribution is 2.16. The van der Waals surface area contributed by atoms with E-state index >= 15 is 0 Å². The van der Waals surface area contributed by atoms with Gasteiger partial charge >= 0.3 is 0 Å². The Morgan fingerprint density at radius 2 is 2.19 bits per heavy atom. The van der Waals surface area contributed by atoms with Gasteiger partial charge < -0.3 is 19.8 Å². The fraction of sp³-hybridized carbons (Fsp3) is 0.667. The molecule has 0 bridgehead atoms. The third kappa shape index (κ3) is 4.35. The van der Waals surface area contributed by atoms with Gasteiger partial charge in [-0.05, 0) is 39.6 Å². The third-order valence-electron chi connectivity index (χ3n) is 2.16. The molecular formula is C12H22N2O2. The van der Waals surface area contributed by atoms with Gasteiger partial charge in [0.15, 0.2) is 0 Å². The van der Waals surface area contributed by atoms with Crippen LogP contribution in [0.2, 0.25) is 0 Å². The van der Waals surface area contributed by atoms with Gasteiger partial charge in [0, 0.05) is 6.04 Å². The van der Waals surface area contributed by atoms with Gasteiger partial charge in [-0.2, -0.15) is 0 Å². The zero-order valence-electron chi connectivity index (χ0n) is 10.6. The molecule has 1 rings (SSSR count). The van der Waals surface area contributed by atoms with Crippen LogP contribution in [0.4, 0.5) is 0 Å². The van der Waals surface area contributed by atoms with E-state index in [1.807, 2.05) is 27.1 Å². The maximum absolute atomic E-state index is 5.70. The molecule has 2 N–H and O–H groups in total. The van der Waals surface area contributed by atoms with Crippen molar-refractivity contribution in [3.8, 4) is 0 Å². The second-order valence-corrected chi connectivity index (χ2v) is 4.55. The largest absolute Gasteiger partial charge is 0.462 e. The molecule has 0 saturated heterocycles. The Kier molecular flexibility index (Phi) is 4.99. The van der Waals surface area contributed by atoms with Gasteiger partial charge in [-0.25, -0.2) is 0 Å². The highest BCUT2D eigenvalue weighted by Gasteiger charge is 2.08. The summed E-state index contributed by atoms with van der Waals surface area (Å²) < 4.78 is 11.1. The Labute approximate surface area is 97.4 Å². The van der Waals surface area contributed by atoms with Gasteiger partial charge in [-0.15, -0.1) is 0 Å². The molecule has 4 nitrogen and oxygen atoms in total. The van der Waals surface area contributed by atoms with Crippen LogP contribution in [0.3, 0.4) is 0 Å². The van der Waals surface area contributed by atoms with Crippen LogP contribution >= 0.6 is 0 Å². The van der Waals surface area contributed by atoms with E-state index in [2.05, 4.69) is 11.8 Å². The molecule has 0 aliphatic heterocycles. The predicted molar refractivity (Wildman–Crippen MR) is 64.1 cm³/mol. The summed E-state index contributed by atoms with van der Waals surface area (Å²) in [6, 6.07) is 2.09. The third-order valence-corrected chi connectivity index (χ3v) is 2.16. The molecule has 4 heteroatoms. The van der Waals surface area contributed by atoms with E-state index in [9.17, 15) is 0 Å². The Morgan fingerprint density at radius 3 is 2.75 bits per heavy atom. The Bertz CT molecular complexity index is 319. The normalized spacial score (nSPS) is 13.4. The summed E-state index contributed by atoms with van der Waals surface area (Å²) in [5.41, 5.74) is 6.77. The topological polar surface area (TPSA) is 51.6 Å². The van der Waals surface area contributed by atoms with Crippen molar-refractivity contribution in [2.24, 2.45) is 5.73 Å².